The number of rotatable bonds is 7. The van der Waals surface area contributed by atoms with Crippen LogP contribution in [0.4, 0.5) is 0 Å². The summed E-state index contributed by atoms with van der Waals surface area (Å²) in [5, 5.41) is 10.3. The van der Waals surface area contributed by atoms with Gasteiger partial charge in [-0.25, -0.2) is 4.79 Å². The highest BCUT2D eigenvalue weighted by Gasteiger charge is 2.17. The zero-order valence-electron chi connectivity index (χ0n) is 11.0. The molecule has 1 heterocycles. The van der Waals surface area contributed by atoms with Gasteiger partial charge < -0.3 is 9.84 Å². The molecule has 1 aromatic carbocycles. The van der Waals surface area contributed by atoms with Gasteiger partial charge in [-0.2, -0.15) is 0 Å². The summed E-state index contributed by atoms with van der Waals surface area (Å²) >= 11 is 1.32. The zero-order valence-corrected chi connectivity index (χ0v) is 11.8. The number of thiophene rings is 1. The fourth-order valence-corrected chi connectivity index (χ4v) is 3.09. The fourth-order valence-electron chi connectivity index (χ4n) is 2.04. The minimum absolute atomic E-state index is 0.384. The molecule has 0 saturated heterocycles. The van der Waals surface area contributed by atoms with Crippen LogP contribution in [0.25, 0.3) is 10.1 Å². The van der Waals surface area contributed by atoms with Crippen LogP contribution < -0.4 is 0 Å². The lowest BCUT2D eigenvalue weighted by atomic mass is 10.1. The van der Waals surface area contributed by atoms with Crippen molar-refractivity contribution < 1.29 is 14.6 Å². The molecule has 3 nitrogen and oxygen atoms in total. The molecule has 0 aliphatic rings. The summed E-state index contributed by atoms with van der Waals surface area (Å²) in [6.45, 7) is 3.22. The van der Waals surface area contributed by atoms with E-state index in [1.54, 1.807) is 0 Å². The van der Waals surface area contributed by atoms with Crippen molar-refractivity contribution in [1.82, 2.24) is 0 Å². The predicted molar refractivity (Wildman–Crippen MR) is 78.0 cm³/mol. The average molecular weight is 278 g/mol. The summed E-state index contributed by atoms with van der Waals surface area (Å²) in [6, 6.07) is 7.77. The summed E-state index contributed by atoms with van der Waals surface area (Å²) < 4.78 is 6.63. The topological polar surface area (TPSA) is 46.5 Å². The van der Waals surface area contributed by atoms with Crippen molar-refractivity contribution in [2.45, 2.75) is 32.8 Å². The van der Waals surface area contributed by atoms with Crippen molar-refractivity contribution >= 4 is 27.4 Å². The molecule has 19 heavy (non-hydrogen) atoms. The molecule has 0 radical (unpaired) electrons. The van der Waals surface area contributed by atoms with E-state index in [1.807, 2.05) is 24.3 Å². The Hall–Kier alpha value is -1.39. The Morgan fingerprint density at radius 1 is 1.32 bits per heavy atom. The fraction of sp³-hybridized carbons (Fsp3) is 0.400. The van der Waals surface area contributed by atoms with E-state index in [9.17, 15) is 9.90 Å². The first kappa shape index (κ1) is 14.0. The first-order valence-corrected chi connectivity index (χ1v) is 7.37. The Morgan fingerprint density at radius 3 is 2.84 bits per heavy atom. The van der Waals surface area contributed by atoms with Gasteiger partial charge in [-0.15, -0.1) is 11.3 Å². The molecule has 1 aromatic heterocycles. The molecule has 0 atom stereocenters. The molecule has 0 aliphatic heterocycles. The van der Waals surface area contributed by atoms with E-state index in [4.69, 9.17) is 4.74 Å². The van der Waals surface area contributed by atoms with E-state index in [0.29, 0.717) is 18.1 Å². The second-order valence-electron chi connectivity index (χ2n) is 4.47. The maximum atomic E-state index is 11.3. The normalized spacial score (nSPS) is 11.0. The van der Waals surface area contributed by atoms with Crippen LogP contribution in [0.2, 0.25) is 0 Å². The first-order chi connectivity index (χ1) is 9.24. The van der Waals surface area contributed by atoms with E-state index in [2.05, 4.69) is 6.92 Å². The van der Waals surface area contributed by atoms with Gasteiger partial charge in [0.05, 0.1) is 6.61 Å². The van der Waals surface area contributed by atoms with Crippen LogP contribution in [0.5, 0.6) is 0 Å². The Kier molecular flexibility index (Phi) is 4.93. The SMILES string of the molecule is CCCCCOCc1c(C(=O)O)sc2ccccc12. The lowest BCUT2D eigenvalue weighted by molar-refractivity contribution is 0.0693. The molecular weight excluding hydrogens is 260 g/mol. The summed E-state index contributed by atoms with van der Waals surface area (Å²) in [5.41, 5.74) is 0.810. The number of benzene rings is 1. The number of ether oxygens (including phenoxy) is 1. The monoisotopic (exact) mass is 278 g/mol. The lowest BCUT2D eigenvalue weighted by Gasteiger charge is -2.04. The molecule has 0 fully saturated rings. The van der Waals surface area contributed by atoms with Crippen molar-refractivity contribution in [3.8, 4) is 0 Å². The van der Waals surface area contributed by atoms with Gasteiger partial charge in [0.1, 0.15) is 4.88 Å². The molecule has 2 rings (SSSR count). The molecular formula is C15H18O3S. The summed E-state index contributed by atoms with van der Waals surface area (Å²) in [4.78, 5) is 11.7. The van der Waals surface area contributed by atoms with E-state index in [1.165, 1.54) is 11.3 Å². The predicted octanol–water partition coefficient (Wildman–Crippen LogP) is 4.31. The number of unbranched alkanes of at least 4 members (excludes halogenated alkanes) is 2. The number of hydrogen-bond acceptors (Lipinski definition) is 3. The number of carboxylic acids is 1. The molecule has 0 bridgehead atoms. The van der Waals surface area contributed by atoms with Gasteiger partial charge in [0, 0.05) is 16.9 Å². The Bertz CT molecular complexity index is 560. The van der Waals surface area contributed by atoms with Crippen molar-refractivity contribution in [1.29, 1.82) is 0 Å². The maximum Gasteiger partial charge on any atom is 0.346 e. The van der Waals surface area contributed by atoms with E-state index in [-0.39, 0.29) is 0 Å². The molecule has 0 aliphatic carbocycles. The minimum Gasteiger partial charge on any atom is -0.477 e. The van der Waals surface area contributed by atoms with Crippen molar-refractivity contribution in [2.75, 3.05) is 6.61 Å². The molecule has 102 valence electrons. The number of carboxylic acid groups (broad SMARTS) is 1. The second-order valence-corrected chi connectivity index (χ2v) is 5.52. The third-order valence-corrected chi connectivity index (χ3v) is 4.23. The van der Waals surface area contributed by atoms with Crippen molar-refractivity contribution in [3.05, 3.63) is 34.7 Å². The molecule has 0 spiro atoms. The van der Waals surface area contributed by atoms with Crippen LogP contribution in [0.15, 0.2) is 24.3 Å². The summed E-state index contributed by atoms with van der Waals surface area (Å²) in [6.07, 6.45) is 3.34. The lowest BCUT2D eigenvalue weighted by Crippen LogP contribution is -2.01. The van der Waals surface area contributed by atoms with Gasteiger partial charge >= 0.3 is 5.97 Å². The largest absolute Gasteiger partial charge is 0.477 e. The number of aromatic carboxylic acids is 1. The van der Waals surface area contributed by atoms with Crippen molar-refractivity contribution in [2.24, 2.45) is 0 Å². The van der Waals surface area contributed by atoms with Gasteiger partial charge in [0.15, 0.2) is 0 Å². The molecule has 4 heteroatoms. The highest BCUT2D eigenvalue weighted by molar-refractivity contribution is 7.21. The Morgan fingerprint density at radius 2 is 2.11 bits per heavy atom. The van der Waals surface area contributed by atoms with Crippen LogP contribution in [-0.4, -0.2) is 17.7 Å². The zero-order chi connectivity index (χ0) is 13.7. The standard InChI is InChI=1S/C15H18O3S/c1-2-3-6-9-18-10-12-11-7-4-5-8-13(11)19-14(12)15(16)17/h4-5,7-8H,2-3,6,9-10H2,1H3,(H,16,17). The highest BCUT2D eigenvalue weighted by atomic mass is 32.1. The number of carbonyl (C=O) groups is 1. The summed E-state index contributed by atoms with van der Waals surface area (Å²) in [7, 11) is 0. The Labute approximate surface area is 116 Å². The Balaban J connectivity index is 2.15. The van der Waals surface area contributed by atoms with Gasteiger partial charge in [-0.3, -0.25) is 0 Å². The van der Waals surface area contributed by atoms with Crippen LogP contribution in [0.3, 0.4) is 0 Å². The third kappa shape index (κ3) is 3.33. The van der Waals surface area contributed by atoms with Crippen molar-refractivity contribution in [3.63, 3.8) is 0 Å². The molecule has 1 N–H and O–H groups in total. The average Bonchev–Trinajstić information content (AvgIpc) is 2.78. The quantitative estimate of drug-likeness (QED) is 0.768. The van der Waals surface area contributed by atoms with Crippen LogP contribution >= 0.6 is 11.3 Å². The van der Waals surface area contributed by atoms with E-state index >= 15 is 0 Å². The molecule has 0 saturated carbocycles. The number of fused-ring (bicyclic) bond motifs is 1. The number of hydrogen-bond donors (Lipinski definition) is 1. The van der Waals surface area contributed by atoms with Crippen LogP contribution in [0.1, 0.15) is 41.4 Å². The van der Waals surface area contributed by atoms with Gasteiger partial charge in [0.2, 0.25) is 0 Å². The molecule has 2 aromatic rings. The van der Waals surface area contributed by atoms with Gasteiger partial charge in [-0.05, 0) is 17.9 Å². The maximum absolute atomic E-state index is 11.3. The summed E-state index contributed by atoms with van der Waals surface area (Å²) in [5.74, 6) is -0.867. The van der Waals surface area contributed by atoms with Crippen LogP contribution in [-0.2, 0) is 11.3 Å². The van der Waals surface area contributed by atoms with E-state index in [0.717, 1.165) is 34.9 Å². The van der Waals surface area contributed by atoms with Crippen LogP contribution in [0, 0.1) is 0 Å². The first-order valence-electron chi connectivity index (χ1n) is 6.55. The molecule has 0 unspecified atom stereocenters. The minimum atomic E-state index is -0.867. The van der Waals surface area contributed by atoms with E-state index < -0.39 is 5.97 Å². The second kappa shape index (κ2) is 6.68. The highest BCUT2D eigenvalue weighted by Crippen LogP contribution is 2.31. The molecule has 0 amide bonds. The smallest absolute Gasteiger partial charge is 0.346 e. The van der Waals surface area contributed by atoms with Gasteiger partial charge in [-0.1, -0.05) is 38.0 Å². The third-order valence-electron chi connectivity index (χ3n) is 3.03. The van der Waals surface area contributed by atoms with Gasteiger partial charge in [0.25, 0.3) is 0 Å².